The van der Waals surface area contributed by atoms with Gasteiger partial charge >= 0.3 is 0 Å². The van der Waals surface area contributed by atoms with E-state index in [2.05, 4.69) is 84.3 Å². The van der Waals surface area contributed by atoms with Crippen LogP contribution in [0.1, 0.15) is 11.1 Å². The number of carbonyl (C=O) groups excluding carboxylic acids is 2. The van der Waals surface area contributed by atoms with E-state index >= 15 is 0 Å². The molecule has 2 aromatic heterocycles. The van der Waals surface area contributed by atoms with E-state index in [0.717, 1.165) is 11.1 Å². The minimum Gasteiger partial charge on any atom is -0.308 e. The number of nitrogens with one attached hydrogen (secondary N) is 2. The van der Waals surface area contributed by atoms with Crippen LogP contribution < -0.4 is 10.6 Å². The van der Waals surface area contributed by atoms with Crippen molar-refractivity contribution >= 4 is 87.2 Å². The minimum absolute atomic E-state index is 0.142. The number of rotatable bonds is 0. The lowest BCUT2D eigenvalue weighted by molar-refractivity contribution is -0.116. The van der Waals surface area contributed by atoms with Crippen molar-refractivity contribution in [1.82, 2.24) is 9.97 Å². The number of hydrogen-bond acceptors (Lipinski definition) is 4. The number of carbonyl (C=O) groups is 2. The topological polar surface area (TPSA) is 84.0 Å². The molecule has 2 aliphatic rings. The quantitative estimate of drug-likeness (QED) is 0.460. The maximum absolute atomic E-state index is 11.3. The highest BCUT2D eigenvalue weighted by Gasteiger charge is 2.43. The van der Waals surface area contributed by atoms with E-state index in [1.54, 1.807) is 24.5 Å². The van der Waals surface area contributed by atoms with Crippen molar-refractivity contribution in [3.63, 3.8) is 0 Å². The Balaban J connectivity index is 0.000000141. The molecule has 0 bridgehead atoms. The first-order valence-corrected chi connectivity index (χ1v) is 9.71. The second-order valence-electron chi connectivity index (χ2n) is 4.86. The zero-order chi connectivity index (χ0) is 17.5. The number of fused-ring (bicyclic) bond motifs is 2. The molecule has 2 amide bonds. The van der Waals surface area contributed by atoms with Gasteiger partial charge in [0.25, 0.3) is 11.8 Å². The summed E-state index contributed by atoms with van der Waals surface area (Å²) in [6.45, 7) is 0. The fourth-order valence-electron chi connectivity index (χ4n) is 2.13. The molecule has 2 aromatic rings. The van der Waals surface area contributed by atoms with Gasteiger partial charge in [-0.2, -0.15) is 0 Å². The maximum atomic E-state index is 11.3. The van der Waals surface area contributed by atoms with Gasteiger partial charge in [0.1, 0.15) is 11.6 Å². The molecule has 0 atom stereocenters. The molecule has 4 rings (SSSR count). The minimum atomic E-state index is -0.802. The van der Waals surface area contributed by atoms with Gasteiger partial charge in [0.05, 0.1) is 0 Å². The number of nitrogens with zero attached hydrogens (tertiary/aromatic N) is 2. The average molecular weight is 584 g/mol. The summed E-state index contributed by atoms with van der Waals surface area (Å²) in [6, 6.07) is 7.25. The van der Waals surface area contributed by atoms with Crippen molar-refractivity contribution in [3.05, 3.63) is 47.8 Å². The van der Waals surface area contributed by atoms with E-state index < -0.39 is 6.47 Å². The second kappa shape index (κ2) is 6.47. The summed E-state index contributed by atoms with van der Waals surface area (Å²) in [4.78, 5) is 30.6. The second-order valence-corrected chi connectivity index (χ2v) is 11.7. The predicted octanol–water partition coefficient (Wildman–Crippen LogP) is 3.95. The summed E-state index contributed by atoms with van der Waals surface area (Å²) in [5, 5.41) is 5.29. The lowest BCUT2D eigenvalue weighted by Crippen LogP contribution is -2.20. The predicted molar refractivity (Wildman–Crippen MR) is 105 cm³/mol. The van der Waals surface area contributed by atoms with Crippen LogP contribution in [0.3, 0.4) is 0 Å². The molecule has 0 spiro atoms. The van der Waals surface area contributed by atoms with E-state index in [0.29, 0.717) is 11.6 Å². The summed E-state index contributed by atoms with van der Waals surface area (Å²) >= 11 is 13.1. The third-order valence-corrected chi connectivity index (χ3v) is 6.48. The fraction of sp³-hybridized carbons (Fsp3) is 0.143. The van der Waals surface area contributed by atoms with Crippen LogP contribution in [0.2, 0.25) is 0 Å². The summed E-state index contributed by atoms with van der Waals surface area (Å²) in [7, 11) is 0. The van der Waals surface area contributed by atoms with Crippen molar-refractivity contribution in [3.8, 4) is 0 Å². The van der Waals surface area contributed by atoms with Crippen molar-refractivity contribution in [2.45, 2.75) is 6.47 Å². The van der Waals surface area contributed by atoms with Gasteiger partial charge in [-0.15, -0.1) is 0 Å². The largest absolute Gasteiger partial charge is 0.308 e. The first-order chi connectivity index (χ1) is 11.2. The summed E-state index contributed by atoms with van der Waals surface area (Å²) in [6.07, 6.45) is 3.28. The van der Waals surface area contributed by atoms with Gasteiger partial charge in [0.15, 0.2) is 6.47 Å². The van der Waals surface area contributed by atoms with Crippen molar-refractivity contribution in [2.24, 2.45) is 0 Å². The Morgan fingerprint density at radius 2 is 1.12 bits per heavy atom. The van der Waals surface area contributed by atoms with Crippen LogP contribution in [0, 0.1) is 0 Å². The van der Waals surface area contributed by atoms with Crippen LogP contribution in [0.4, 0.5) is 11.6 Å². The third kappa shape index (κ3) is 3.04. The van der Waals surface area contributed by atoms with E-state index in [1.807, 2.05) is 12.1 Å². The lowest BCUT2D eigenvalue weighted by Gasteiger charge is -2.08. The molecule has 2 aliphatic heterocycles. The fourth-order valence-corrected chi connectivity index (χ4v) is 3.81. The van der Waals surface area contributed by atoms with Gasteiger partial charge in [-0.05, 0) is 12.1 Å². The summed E-state index contributed by atoms with van der Waals surface area (Å²) in [5.74, 6) is 0.930. The maximum Gasteiger partial charge on any atom is 0.258 e. The first kappa shape index (κ1) is 18.0. The Hall–Kier alpha value is -0.840. The van der Waals surface area contributed by atoms with E-state index in [1.165, 1.54) is 0 Å². The lowest BCUT2D eigenvalue weighted by atomic mass is 10.2. The number of amides is 2. The zero-order valence-corrected chi connectivity index (χ0v) is 18.0. The smallest absolute Gasteiger partial charge is 0.258 e. The molecule has 6 nitrogen and oxygen atoms in total. The van der Waals surface area contributed by atoms with Crippen LogP contribution in [0.25, 0.3) is 0 Å². The number of aromatic nitrogens is 2. The molecule has 0 fully saturated rings. The van der Waals surface area contributed by atoms with Gasteiger partial charge in [-0.1, -0.05) is 75.9 Å². The Morgan fingerprint density at radius 1 is 0.750 bits per heavy atom. The molecule has 2 N–H and O–H groups in total. The molecular formula is C14H8Br4N4O2. The standard InChI is InChI=1S/2C7H4Br2N2O/c2*8-7(9)4-2-1-3-10-5(4)11-6(7)12/h2*1-3H,(H,10,11,12). The summed E-state index contributed by atoms with van der Waals surface area (Å²) in [5.41, 5.74) is 1.63. The molecule has 24 heavy (non-hydrogen) atoms. The molecule has 4 heterocycles. The SMILES string of the molecule is O=C1Nc2ncccc2C1(Br)Br.O=C1Nc2ncccc2C1(Br)Br. The molecular weight excluding hydrogens is 576 g/mol. The average Bonchev–Trinajstić information content (AvgIpc) is 2.92. The molecule has 0 saturated carbocycles. The number of pyridine rings is 2. The highest BCUT2D eigenvalue weighted by atomic mass is 79.9. The van der Waals surface area contributed by atoms with Crippen LogP contribution in [0.5, 0.6) is 0 Å². The van der Waals surface area contributed by atoms with Gasteiger partial charge in [-0.25, -0.2) is 9.97 Å². The molecule has 0 radical (unpaired) electrons. The molecule has 0 aliphatic carbocycles. The molecule has 10 heteroatoms. The van der Waals surface area contributed by atoms with Crippen LogP contribution in [-0.4, -0.2) is 21.8 Å². The van der Waals surface area contributed by atoms with Crippen LogP contribution in [0.15, 0.2) is 36.7 Å². The van der Waals surface area contributed by atoms with Gasteiger partial charge < -0.3 is 10.6 Å². The Bertz CT molecular complexity index is 772. The molecule has 124 valence electrons. The number of anilines is 2. The number of alkyl halides is 4. The molecule has 0 aromatic carbocycles. The number of halogens is 4. The van der Waals surface area contributed by atoms with E-state index in [9.17, 15) is 9.59 Å². The van der Waals surface area contributed by atoms with Crippen molar-refractivity contribution < 1.29 is 9.59 Å². The highest BCUT2D eigenvalue weighted by Crippen LogP contribution is 2.47. The van der Waals surface area contributed by atoms with Gasteiger partial charge in [0, 0.05) is 23.5 Å². The first-order valence-electron chi connectivity index (χ1n) is 6.54. The normalized spacial score (nSPS) is 18.7. The number of hydrogen-bond donors (Lipinski definition) is 2. The molecule has 0 unspecified atom stereocenters. The highest BCUT2D eigenvalue weighted by molar-refractivity contribution is 9.25. The van der Waals surface area contributed by atoms with E-state index in [4.69, 9.17) is 0 Å². The zero-order valence-electron chi connectivity index (χ0n) is 11.7. The third-order valence-electron chi connectivity index (χ3n) is 3.33. The van der Waals surface area contributed by atoms with Gasteiger partial charge in [-0.3, -0.25) is 9.59 Å². The van der Waals surface area contributed by atoms with Crippen LogP contribution in [-0.2, 0) is 16.1 Å². The molecule has 0 saturated heterocycles. The summed E-state index contributed by atoms with van der Waals surface area (Å²) < 4.78 is -1.60. The van der Waals surface area contributed by atoms with Crippen LogP contribution >= 0.6 is 63.7 Å². The van der Waals surface area contributed by atoms with Crippen molar-refractivity contribution in [2.75, 3.05) is 10.6 Å². The van der Waals surface area contributed by atoms with Gasteiger partial charge in [0.2, 0.25) is 0 Å². The Morgan fingerprint density at radius 3 is 1.46 bits per heavy atom. The monoisotopic (exact) mass is 580 g/mol. The van der Waals surface area contributed by atoms with Crippen molar-refractivity contribution in [1.29, 1.82) is 0 Å². The Labute approximate surface area is 170 Å². The Kier molecular flexibility index (Phi) is 4.84. The van der Waals surface area contributed by atoms with E-state index in [-0.39, 0.29) is 11.8 Å².